The largest absolute Gasteiger partial charge is 1.00 e. The van der Waals surface area contributed by atoms with Gasteiger partial charge in [-0.25, -0.2) is 0 Å². The average molecular weight is 486 g/mol. The van der Waals surface area contributed by atoms with Crippen LogP contribution in [0.15, 0.2) is 12.7 Å². The first-order chi connectivity index (χ1) is 15.6. The van der Waals surface area contributed by atoms with Crippen LogP contribution in [0.3, 0.4) is 0 Å². The smallest absolute Gasteiger partial charge is 0.0969 e. The number of likely N-dealkylation sites (N-methyl/N-ethyl adjacent to an activating group) is 1. The van der Waals surface area contributed by atoms with Crippen molar-refractivity contribution in [3.8, 4) is 0 Å². The van der Waals surface area contributed by atoms with Crippen LogP contribution in [0.25, 0.3) is 0 Å². The third-order valence-corrected chi connectivity index (χ3v) is 7.58. The third kappa shape index (κ3) is 24.9. The Morgan fingerprint density at radius 3 is 1.39 bits per heavy atom. The number of hydrogen-bond donors (Lipinski definition) is 0. The van der Waals surface area contributed by atoms with Gasteiger partial charge in [-0.3, -0.25) is 0 Å². The fourth-order valence-corrected chi connectivity index (χ4v) is 5.07. The summed E-state index contributed by atoms with van der Waals surface area (Å²) < 4.78 is 1.21. The Morgan fingerprint density at radius 2 is 0.970 bits per heavy atom. The van der Waals surface area contributed by atoms with E-state index >= 15 is 0 Å². The Morgan fingerprint density at radius 1 is 0.576 bits per heavy atom. The van der Waals surface area contributed by atoms with Crippen molar-refractivity contribution in [2.75, 3.05) is 26.7 Å². The standard InChI is InChI=1S/C31H64N.ClH/c1-6-9-11-13-15-17-18-19-21-23-25-29-32(5,28-8-3)30-27-31(4)26-24-22-20-16-14-12-10-7-2;/h8,31H,3,6-7,9-30H2,1-2,4-5H3;1H/q+1;/p-1. The molecule has 0 aromatic rings. The molecule has 0 aliphatic rings. The van der Waals surface area contributed by atoms with Gasteiger partial charge in [0.05, 0.1) is 26.7 Å². The highest BCUT2D eigenvalue weighted by molar-refractivity contribution is 4.66. The molecule has 0 saturated carbocycles. The predicted octanol–water partition coefficient (Wildman–Crippen LogP) is 7.49. The highest BCUT2D eigenvalue weighted by Gasteiger charge is 2.20. The minimum atomic E-state index is 0. The van der Waals surface area contributed by atoms with E-state index < -0.39 is 0 Å². The van der Waals surface area contributed by atoms with Gasteiger partial charge in [-0.2, -0.15) is 0 Å². The summed E-state index contributed by atoms with van der Waals surface area (Å²) in [6, 6.07) is 0. The summed E-state index contributed by atoms with van der Waals surface area (Å²) in [5.41, 5.74) is 0. The summed E-state index contributed by atoms with van der Waals surface area (Å²) in [4.78, 5) is 0. The van der Waals surface area contributed by atoms with Gasteiger partial charge in [-0.1, -0.05) is 143 Å². The van der Waals surface area contributed by atoms with Gasteiger partial charge >= 0.3 is 0 Å². The second kappa shape index (κ2) is 26.6. The zero-order valence-corrected chi connectivity index (χ0v) is 24.4. The Labute approximate surface area is 217 Å². The molecular weight excluding hydrogens is 422 g/mol. The van der Waals surface area contributed by atoms with Gasteiger partial charge < -0.3 is 16.9 Å². The maximum Gasteiger partial charge on any atom is 0.0969 e. The maximum atomic E-state index is 4.06. The van der Waals surface area contributed by atoms with E-state index in [4.69, 9.17) is 0 Å². The van der Waals surface area contributed by atoms with E-state index in [-0.39, 0.29) is 12.4 Å². The molecule has 0 radical (unpaired) electrons. The fourth-order valence-electron chi connectivity index (χ4n) is 5.07. The molecule has 0 heterocycles. The Kier molecular flexibility index (Phi) is 28.3. The normalized spacial score (nSPS) is 13.9. The highest BCUT2D eigenvalue weighted by atomic mass is 35.5. The molecule has 0 aliphatic carbocycles. The lowest BCUT2D eigenvalue weighted by atomic mass is 9.98. The highest BCUT2D eigenvalue weighted by Crippen LogP contribution is 2.19. The first-order valence-corrected chi connectivity index (χ1v) is 15.0. The lowest BCUT2D eigenvalue weighted by Gasteiger charge is -2.34. The average Bonchev–Trinajstić information content (AvgIpc) is 2.78. The van der Waals surface area contributed by atoms with Crippen LogP contribution in [0.2, 0.25) is 0 Å². The lowest BCUT2D eigenvalue weighted by molar-refractivity contribution is -0.904. The number of rotatable bonds is 26. The van der Waals surface area contributed by atoms with Crippen LogP contribution >= 0.6 is 0 Å². The molecule has 2 atom stereocenters. The molecule has 0 aromatic carbocycles. The van der Waals surface area contributed by atoms with E-state index in [9.17, 15) is 0 Å². The quantitative estimate of drug-likeness (QED) is 0.0675. The van der Waals surface area contributed by atoms with Crippen molar-refractivity contribution in [3.63, 3.8) is 0 Å². The van der Waals surface area contributed by atoms with Gasteiger partial charge in [0.1, 0.15) is 0 Å². The molecule has 2 unspecified atom stereocenters. The summed E-state index contributed by atoms with van der Waals surface area (Å²) in [6.45, 7) is 15.0. The van der Waals surface area contributed by atoms with Crippen molar-refractivity contribution in [2.24, 2.45) is 5.92 Å². The molecule has 200 valence electrons. The Balaban J connectivity index is 0. The number of nitrogens with zero attached hydrogens (tertiary/aromatic N) is 1. The van der Waals surface area contributed by atoms with Crippen molar-refractivity contribution < 1.29 is 16.9 Å². The van der Waals surface area contributed by atoms with Crippen LogP contribution in [-0.2, 0) is 0 Å². The van der Waals surface area contributed by atoms with Crippen molar-refractivity contribution >= 4 is 0 Å². The monoisotopic (exact) mass is 485 g/mol. The van der Waals surface area contributed by atoms with Crippen LogP contribution in [0, 0.1) is 5.92 Å². The summed E-state index contributed by atoms with van der Waals surface area (Å²) in [5.74, 6) is 0.884. The van der Waals surface area contributed by atoms with Crippen LogP contribution in [0.5, 0.6) is 0 Å². The van der Waals surface area contributed by atoms with Crippen LogP contribution in [0.1, 0.15) is 156 Å². The van der Waals surface area contributed by atoms with Gasteiger partial charge in [0.25, 0.3) is 0 Å². The number of halogens is 1. The third-order valence-electron chi connectivity index (χ3n) is 7.58. The molecule has 2 heteroatoms. The number of quaternary nitrogens is 1. The summed E-state index contributed by atoms with van der Waals surface area (Å²) in [6.07, 6.45) is 32.3. The van der Waals surface area contributed by atoms with Crippen molar-refractivity contribution in [3.05, 3.63) is 12.7 Å². The molecule has 1 nitrogen and oxygen atoms in total. The summed E-state index contributed by atoms with van der Waals surface area (Å²) >= 11 is 0. The predicted molar refractivity (Wildman–Crippen MR) is 148 cm³/mol. The maximum absolute atomic E-state index is 4.06. The summed E-state index contributed by atoms with van der Waals surface area (Å²) in [5, 5.41) is 0. The van der Waals surface area contributed by atoms with Crippen molar-refractivity contribution in [1.82, 2.24) is 0 Å². The first kappa shape index (κ1) is 35.2. The Bertz CT molecular complexity index is 383. The molecule has 0 spiro atoms. The van der Waals surface area contributed by atoms with Gasteiger partial charge in [-0.05, 0) is 31.3 Å². The molecule has 0 amide bonds. The van der Waals surface area contributed by atoms with E-state index in [0.29, 0.717) is 0 Å². The molecule has 0 rings (SSSR count). The molecule has 0 N–H and O–H groups in total. The summed E-state index contributed by atoms with van der Waals surface area (Å²) in [7, 11) is 2.47. The van der Waals surface area contributed by atoms with E-state index in [0.717, 1.165) is 12.5 Å². The van der Waals surface area contributed by atoms with Crippen molar-refractivity contribution in [1.29, 1.82) is 0 Å². The van der Waals surface area contributed by atoms with Crippen LogP contribution < -0.4 is 12.4 Å². The molecule has 0 aromatic heterocycles. The van der Waals surface area contributed by atoms with E-state index in [1.54, 1.807) is 0 Å². The minimum absolute atomic E-state index is 0. The number of unbranched alkanes of at least 4 members (excludes halogenated alkanes) is 17. The lowest BCUT2D eigenvalue weighted by Crippen LogP contribution is -3.00. The SMILES string of the molecule is C=CC[N+](C)(CCCCCCCCCCCCC)CCC(C)CCCCCCCCCC.[Cl-]. The van der Waals surface area contributed by atoms with Crippen LogP contribution in [0.4, 0.5) is 0 Å². The van der Waals surface area contributed by atoms with Gasteiger partial charge in [0.15, 0.2) is 0 Å². The topological polar surface area (TPSA) is 0 Å². The fraction of sp³-hybridized carbons (Fsp3) is 0.935. The molecular formula is C31H64ClN. The van der Waals surface area contributed by atoms with Gasteiger partial charge in [-0.15, -0.1) is 0 Å². The van der Waals surface area contributed by atoms with E-state index in [1.165, 1.54) is 152 Å². The zero-order valence-electron chi connectivity index (χ0n) is 23.7. The van der Waals surface area contributed by atoms with E-state index in [1.807, 2.05) is 0 Å². The Hall–Kier alpha value is -0.0100. The van der Waals surface area contributed by atoms with Crippen LogP contribution in [-0.4, -0.2) is 31.2 Å². The van der Waals surface area contributed by atoms with Crippen molar-refractivity contribution in [2.45, 2.75) is 156 Å². The van der Waals surface area contributed by atoms with Gasteiger partial charge in [0.2, 0.25) is 0 Å². The molecule has 0 bridgehead atoms. The molecule has 0 fully saturated rings. The minimum Gasteiger partial charge on any atom is -1.00 e. The van der Waals surface area contributed by atoms with Gasteiger partial charge in [0, 0.05) is 0 Å². The number of hydrogen-bond acceptors (Lipinski definition) is 0. The molecule has 0 saturated heterocycles. The first-order valence-electron chi connectivity index (χ1n) is 15.0. The molecule has 0 aliphatic heterocycles. The van der Waals surface area contributed by atoms with E-state index in [2.05, 4.69) is 40.5 Å². The zero-order chi connectivity index (χ0) is 23.8. The molecule has 33 heavy (non-hydrogen) atoms. The second-order valence-electron chi connectivity index (χ2n) is 11.2. The second-order valence-corrected chi connectivity index (χ2v) is 11.2.